The number of pyridine rings is 1. The van der Waals surface area contributed by atoms with Crippen LogP contribution in [-0.2, 0) is 14.3 Å². The Hall–Kier alpha value is -2.52. The lowest BCUT2D eigenvalue weighted by molar-refractivity contribution is -0.386. The first-order valence-electron chi connectivity index (χ1n) is 5.71. The van der Waals surface area contributed by atoms with E-state index in [1.807, 2.05) is 0 Å². The van der Waals surface area contributed by atoms with Gasteiger partial charge in [-0.05, 0) is 6.07 Å². The quantitative estimate of drug-likeness (QED) is 0.385. The maximum absolute atomic E-state index is 12.2. The topological polar surface area (TPSA) is 125 Å². The molecule has 0 aliphatic carbocycles. The van der Waals surface area contributed by atoms with Gasteiger partial charge < -0.3 is 5.73 Å². The van der Waals surface area contributed by atoms with Gasteiger partial charge in [-0.1, -0.05) is 24.3 Å². The largest absolute Gasteiger partial charge is 0.378 e. The van der Waals surface area contributed by atoms with Gasteiger partial charge in [-0.15, -0.1) is 6.58 Å². The molecule has 0 saturated heterocycles. The highest BCUT2D eigenvalue weighted by Gasteiger charge is 2.33. The van der Waals surface area contributed by atoms with Crippen molar-refractivity contribution >= 4 is 32.5 Å². The van der Waals surface area contributed by atoms with Gasteiger partial charge in [0.05, 0.1) is 17.0 Å². The summed E-state index contributed by atoms with van der Waals surface area (Å²) in [7, 11) is -4.38. The molecule has 1 heterocycles. The molecular formula is C12H11N3O5S. The molecule has 0 aliphatic rings. The number of nitrogens with zero attached hydrogens (tertiary/aromatic N) is 2. The molecule has 0 radical (unpaired) electrons. The third kappa shape index (κ3) is 2.69. The van der Waals surface area contributed by atoms with Crippen LogP contribution in [0.4, 0.5) is 11.5 Å². The van der Waals surface area contributed by atoms with Gasteiger partial charge >= 0.3 is 15.8 Å². The molecule has 1 aromatic heterocycles. The first-order valence-corrected chi connectivity index (χ1v) is 7.12. The van der Waals surface area contributed by atoms with Crippen molar-refractivity contribution in [2.45, 2.75) is 4.90 Å². The van der Waals surface area contributed by atoms with E-state index in [1.54, 1.807) is 6.07 Å². The van der Waals surface area contributed by atoms with E-state index in [4.69, 9.17) is 5.73 Å². The standard InChI is InChI=1S/C12H11N3O5S/c1-2-7-20-21(18,19)11-8-5-3-4-6-9(8)14-12(13)10(11)15(16)17/h2-6H,1,7H2,(H2,13,14). The normalized spacial score (nSPS) is 11.4. The van der Waals surface area contributed by atoms with E-state index in [2.05, 4.69) is 15.7 Å². The summed E-state index contributed by atoms with van der Waals surface area (Å²) in [5, 5.41) is 11.2. The number of nitrogens with two attached hydrogens (primary N) is 1. The van der Waals surface area contributed by atoms with Gasteiger partial charge in [0.25, 0.3) is 0 Å². The van der Waals surface area contributed by atoms with Crippen molar-refractivity contribution < 1.29 is 17.5 Å². The van der Waals surface area contributed by atoms with Gasteiger partial charge in [-0.2, -0.15) is 8.42 Å². The Labute approximate surface area is 120 Å². The van der Waals surface area contributed by atoms with Crippen molar-refractivity contribution in [2.75, 3.05) is 12.3 Å². The highest BCUT2D eigenvalue weighted by Crippen LogP contribution is 2.35. The molecule has 0 bridgehead atoms. The first-order chi connectivity index (χ1) is 9.88. The van der Waals surface area contributed by atoms with Crippen molar-refractivity contribution in [3.8, 4) is 0 Å². The third-order valence-corrected chi connectivity index (χ3v) is 3.98. The molecule has 21 heavy (non-hydrogen) atoms. The van der Waals surface area contributed by atoms with Crippen molar-refractivity contribution in [3.05, 3.63) is 47.0 Å². The summed E-state index contributed by atoms with van der Waals surface area (Å²) < 4.78 is 29.1. The lowest BCUT2D eigenvalue weighted by atomic mass is 10.2. The van der Waals surface area contributed by atoms with Crippen molar-refractivity contribution in [2.24, 2.45) is 0 Å². The Morgan fingerprint density at radius 2 is 2.10 bits per heavy atom. The summed E-state index contributed by atoms with van der Waals surface area (Å²) in [6.45, 7) is 3.03. The maximum atomic E-state index is 12.2. The molecule has 0 fully saturated rings. The van der Waals surface area contributed by atoms with Crippen LogP contribution in [0.5, 0.6) is 0 Å². The fourth-order valence-electron chi connectivity index (χ4n) is 1.82. The number of rotatable bonds is 5. The SMILES string of the molecule is C=CCOS(=O)(=O)c1c([N+](=O)[O-])c(N)nc2ccccc12. The fraction of sp³-hybridized carbons (Fsp3) is 0.0833. The molecule has 0 spiro atoms. The minimum absolute atomic E-state index is 0.0717. The molecule has 2 aromatic rings. The molecule has 1 aromatic carbocycles. The Kier molecular flexibility index (Phi) is 3.87. The van der Waals surface area contributed by atoms with Crippen LogP contribution >= 0.6 is 0 Å². The van der Waals surface area contributed by atoms with Gasteiger partial charge in [-0.3, -0.25) is 14.3 Å². The van der Waals surface area contributed by atoms with E-state index in [-0.39, 0.29) is 17.5 Å². The van der Waals surface area contributed by atoms with Crippen LogP contribution in [0.25, 0.3) is 10.9 Å². The Morgan fingerprint density at radius 3 is 2.71 bits per heavy atom. The van der Waals surface area contributed by atoms with Crippen molar-refractivity contribution in [1.29, 1.82) is 0 Å². The second kappa shape index (κ2) is 5.46. The Balaban J connectivity index is 2.89. The number of aromatic nitrogens is 1. The van der Waals surface area contributed by atoms with E-state index in [0.717, 1.165) is 0 Å². The van der Waals surface area contributed by atoms with Crippen LogP contribution in [0.2, 0.25) is 0 Å². The van der Waals surface area contributed by atoms with Gasteiger partial charge in [0.2, 0.25) is 5.82 Å². The van der Waals surface area contributed by atoms with Gasteiger partial charge in [0.1, 0.15) is 0 Å². The van der Waals surface area contributed by atoms with E-state index in [1.165, 1.54) is 24.3 Å². The van der Waals surface area contributed by atoms with E-state index in [0.29, 0.717) is 0 Å². The zero-order valence-corrected chi connectivity index (χ0v) is 11.5. The van der Waals surface area contributed by atoms with Gasteiger partial charge in [0, 0.05) is 5.39 Å². The van der Waals surface area contributed by atoms with Crippen LogP contribution in [0.3, 0.4) is 0 Å². The Bertz CT molecular complexity index is 832. The number of hydrogen-bond acceptors (Lipinski definition) is 7. The number of fused-ring (bicyclic) bond motifs is 1. The molecule has 2 N–H and O–H groups in total. The predicted octanol–water partition coefficient (Wildman–Crippen LogP) is 1.62. The lowest BCUT2D eigenvalue weighted by Crippen LogP contribution is -2.12. The molecular weight excluding hydrogens is 298 g/mol. The predicted molar refractivity (Wildman–Crippen MR) is 76.1 cm³/mol. The van der Waals surface area contributed by atoms with Crippen LogP contribution in [0.15, 0.2) is 41.8 Å². The monoisotopic (exact) mass is 309 g/mol. The molecule has 0 unspecified atom stereocenters. The summed E-state index contributed by atoms with van der Waals surface area (Å²) in [5.74, 6) is -0.487. The highest BCUT2D eigenvalue weighted by molar-refractivity contribution is 7.87. The number of nitrogen functional groups attached to an aromatic ring is 1. The van der Waals surface area contributed by atoms with Crippen molar-refractivity contribution in [3.63, 3.8) is 0 Å². The number of nitro groups is 1. The molecule has 0 atom stereocenters. The Morgan fingerprint density at radius 1 is 1.43 bits per heavy atom. The lowest BCUT2D eigenvalue weighted by Gasteiger charge is -2.09. The number of anilines is 1. The van der Waals surface area contributed by atoms with E-state index < -0.39 is 31.4 Å². The zero-order valence-electron chi connectivity index (χ0n) is 10.7. The molecule has 0 amide bonds. The summed E-state index contributed by atoms with van der Waals surface area (Å²) >= 11 is 0. The van der Waals surface area contributed by atoms with Gasteiger partial charge in [0.15, 0.2) is 4.90 Å². The number of para-hydroxylation sites is 1. The third-order valence-electron chi connectivity index (χ3n) is 2.62. The molecule has 8 nitrogen and oxygen atoms in total. The molecule has 0 aliphatic heterocycles. The smallest absolute Gasteiger partial charge is 0.332 e. The van der Waals surface area contributed by atoms with Crippen LogP contribution in [0, 0.1) is 10.1 Å². The summed E-state index contributed by atoms with van der Waals surface area (Å²) in [6.07, 6.45) is 1.22. The average molecular weight is 309 g/mol. The molecule has 9 heteroatoms. The second-order valence-corrected chi connectivity index (χ2v) is 5.53. The fourth-order valence-corrected chi connectivity index (χ4v) is 3.07. The molecule has 110 valence electrons. The highest BCUT2D eigenvalue weighted by atomic mass is 32.2. The van der Waals surface area contributed by atoms with Crippen LogP contribution in [-0.4, -0.2) is 24.9 Å². The number of hydrogen-bond donors (Lipinski definition) is 1. The maximum Gasteiger partial charge on any atom is 0.332 e. The summed E-state index contributed by atoms with van der Waals surface area (Å²) in [5.41, 5.74) is 4.95. The minimum atomic E-state index is -4.38. The van der Waals surface area contributed by atoms with E-state index >= 15 is 0 Å². The number of benzene rings is 1. The van der Waals surface area contributed by atoms with Crippen LogP contribution < -0.4 is 5.73 Å². The first kappa shape index (κ1) is 14.9. The average Bonchev–Trinajstić information content (AvgIpc) is 2.43. The van der Waals surface area contributed by atoms with Crippen molar-refractivity contribution in [1.82, 2.24) is 4.98 Å². The zero-order chi connectivity index (χ0) is 15.6. The molecule has 0 saturated carbocycles. The van der Waals surface area contributed by atoms with E-state index in [9.17, 15) is 18.5 Å². The van der Waals surface area contributed by atoms with Gasteiger partial charge in [-0.25, -0.2) is 4.98 Å². The van der Waals surface area contributed by atoms with Crippen LogP contribution in [0.1, 0.15) is 0 Å². The molecule has 2 rings (SSSR count). The summed E-state index contributed by atoms with van der Waals surface area (Å²) in [6, 6.07) is 6.05. The summed E-state index contributed by atoms with van der Waals surface area (Å²) in [4.78, 5) is 13.5. The second-order valence-electron chi connectivity index (χ2n) is 3.98. The minimum Gasteiger partial charge on any atom is -0.378 e.